The molecule has 0 bridgehead atoms. The van der Waals surface area contributed by atoms with E-state index in [1.54, 1.807) is 0 Å². The van der Waals surface area contributed by atoms with Gasteiger partial charge in [0.2, 0.25) is 5.88 Å². The summed E-state index contributed by atoms with van der Waals surface area (Å²) in [4.78, 5) is 7.08. The van der Waals surface area contributed by atoms with Crippen molar-refractivity contribution in [3.63, 3.8) is 0 Å². The van der Waals surface area contributed by atoms with Gasteiger partial charge >= 0.3 is 0 Å². The molecular weight excluding hydrogens is 328 g/mol. The molecule has 4 rings (SSSR count). The van der Waals surface area contributed by atoms with Crippen LogP contribution in [0.1, 0.15) is 37.7 Å². The zero-order chi connectivity index (χ0) is 18.3. The number of aryl methyl sites for hydroxylation is 1. The fourth-order valence-corrected chi connectivity index (χ4v) is 3.36. The van der Waals surface area contributed by atoms with Crippen LogP contribution in [0.5, 0.6) is 5.88 Å². The van der Waals surface area contributed by atoms with E-state index in [1.165, 1.54) is 5.56 Å². The molecule has 0 amide bonds. The maximum absolute atomic E-state index is 5.95. The Hall–Kier alpha value is -2.54. The lowest BCUT2D eigenvalue weighted by Gasteiger charge is -2.23. The molecule has 1 aromatic carbocycles. The molecule has 0 saturated carbocycles. The minimum atomic E-state index is -0.144. The van der Waals surface area contributed by atoms with Crippen molar-refractivity contribution < 1.29 is 4.74 Å². The summed E-state index contributed by atoms with van der Waals surface area (Å²) in [6.45, 7) is 11.3. The summed E-state index contributed by atoms with van der Waals surface area (Å²) in [6, 6.07) is 8.44. The molecule has 0 fully saturated rings. The zero-order valence-corrected chi connectivity index (χ0v) is 15.7. The van der Waals surface area contributed by atoms with Crippen molar-refractivity contribution >= 4 is 10.9 Å². The molecule has 0 N–H and O–H groups in total. The van der Waals surface area contributed by atoms with E-state index in [-0.39, 0.29) is 5.54 Å². The molecule has 136 valence electrons. The predicted octanol–water partition coefficient (Wildman–Crippen LogP) is 2.68. The van der Waals surface area contributed by atoms with E-state index in [2.05, 4.69) is 72.4 Å². The summed E-state index contributed by atoms with van der Waals surface area (Å²) in [5, 5.41) is 13.4. The molecule has 3 heterocycles. The largest absolute Gasteiger partial charge is 0.476 e. The van der Waals surface area contributed by atoms with Gasteiger partial charge in [-0.2, -0.15) is 0 Å². The summed E-state index contributed by atoms with van der Waals surface area (Å²) < 4.78 is 7.84. The van der Waals surface area contributed by atoms with Gasteiger partial charge < -0.3 is 4.74 Å². The Balaban J connectivity index is 1.63. The molecule has 26 heavy (non-hydrogen) atoms. The molecule has 0 atom stereocenters. The van der Waals surface area contributed by atoms with Crippen molar-refractivity contribution in [3.05, 3.63) is 41.2 Å². The number of benzene rings is 1. The maximum atomic E-state index is 5.95. The van der Waals surface area contributed by atoms with E-state index in [9.17, 15) is 0 Å². The Morgan fingerprint density at radius 1 is 1.23 bits per heavy atom. The molecule has 0 aliphatic carbocycles. The molecule has 0 spiro atoms. The van der Waals surface area contributed by atoms with Gasteiger partial charge in [0, 0.05) is 24.0 Å². The number of aromatic nitrogens is 5. The molecule has 0 unspecified atom stereocenters. The Bertz CT molecular complexity index is 943. The van der Waals surface area contributed by atoms with Crippen LogP contribution in [0.25, 0.3) is 10.9 Å². The molecule has 3 aromatic rings. The van der Waals surface area contributed by atoms with Crippen LogP contribution in [0.4, 0.5) is 0 Å². The third kappa shape index (κ3) is 3.14. The first-order chi connectivity index (χ1) is 12.4. The number of fused-ring (bicyclic) bond motifs is 2. The summed E-state index contributed by atoms with van der Waals surface area (Å²) >= 11 is 0. The predicted molar refractivity (Wildman–Crippen MR) is 98.9 cm³/mol. The Kier molecular flexibility index (Phi) is 4.11. The molecule has 7 heteroatoms. The topological polar surface area (TPSA) is 69.0 Å². The van der Waals surface area contributed by atoms with E-state index < -0.39 is 0 Å². The standard InChI is InChI=1S/C19H24N6O/c1-13-6-5-7-14-10-15-11-24(8-9-26-18(15)20-17(13)14)12-16-21-22-23-25(16)19(2,3)4/h5-7,10H,8-9,11-12H2,1-4H3. The average molecular weight is 352 g/mol. The number of hydrogen-bond donors (Lipinski definition) is 0. The van der Waals surface area contributed by atoms with Gasteiger partial charge in [-0.05, 0) is 49.8 Å². The first kappa shape index (κ1) is 16.9. The second-order valence-corrected chi connectivity index (χ2v) is 7.84. The molecule has 1 aliphatic rings. The van der Waals surface area contributed by atoms with Crippen molar-refractivity contribution in [1.82, 2.24) is 30.1 Å². The van der Waals surface area contributed by atoms with E-state index in [1.807, 2.05) is 4.68 Å². The van der Waals surface area contributed by atoms with Crippen LogP contribution in [-0.2, 0) is 18.6 Å². The van der Waals surface area contributed by atoms with Crippen LogP contribution in [0.2, 0.25) is 0 Å². The normalized spacial score (nSPS) is 15.5. The number of rotatable bonds is 2. The summed E-state index contributed by atoms with van der Waals surface area (Å²) in [6.07, 6.45) is 0. The quantitative estimate of drug-likeness (QED) is 0.706. The Morgan fingerprint density at radius 2 is 2.08 bits per heavy atom. The first-order valence-corrected chi connectivity index (χ1v) is 8.94. The highest BCUT2D eigenvalue weighted by Gasteiger charge is 2.23. The fraction of sp³-hybridized carbons (Fsp3) is 0.474. The van der Waals surface area contributed by atoms with Gasteiger partial charge in [-0.15, -0.1) is 5.10 Å². The highest BCUT2D eigenvalue weighted by atomic mass is 16.5. The molecule has 2 aromatic heterocycles. The highest BCUT2D eigenvalue weighted by molar-refractivity contribution is 5.83. The van der Waals surface area contributed by atoms with Gasteiger partial charge in [0.1, 0.15) is 6.61 Å². The minimum absolute atomic E-state index is 0.144. The second kappa shape index (κ2) is 6.32. The molecule has 1 aliphatic heterocycles. The zero-order valence-electron chi connectivity index (χ0n) is 15.7. The molecular formula is C19H24N6O. The van der Waals surface area contributed by atoms with E-state index in [4.69, 9.17) is 9.72 Å². The second-order valence-electron chi connectivity index (χ2n) is 7.84. The first-order valence-electron chi connectivity index (χ1n) is 8.94. The van der Waals surface area contributed by atoms with Crippen LogP contribution >= 0.6 is 0 Å². The third-order valence-corrected chi connectivity index (χ3v) is 4.66. The van der Waals surface area contributed by atoms with Crippen LogP contribution in [-0.4, -0.2) is 43.2 Å². The summed E-state index contributed by atoms with van der Waals surface area (Å²) in [5.74, 6) is 1.61. The lowest BCUT2D eigenvalue weighted by atomic mass is 10.1. The van der Waals surface area contributed by atoms with Gasteiger partial charge in [-0.3, -0.25) is 4.90 Å². The number of para-hydroxylation sites is 1. The average Bonchev–Trinajstić information content (AvgIpc) is 2.95. The fourth-order valence-electron chi connectivity index (χ4n) is 3.36. The monoisotopic (exact) mass is 352 g/mol. The van der Waals surface area contributed by atoms with E-state index in [0.717, 1.165) is 41.3 Å². The lowest BCUT2D eigenvalue weighted by molar-refractivity contribution is 0.204. The van der Waals surface area contributed by atoms with E-state index >= 15 is 0 Å². The molecule has 0 radical (unpaired) electrons. The molecule has 0 saturated heterocycles. The van der Waals surface area contributed by atoms with Crippen LogP contribution in [0, 0.1) is 6.92 Å². The molecule has 7 nitrogen and oxygen atoms in total. The number of nitrogens with zero attached hydrogens (tertiary/aromatic N) is 6. The van der Waals surface area contributed by atoms with Crippen molar-refractivity contribution in [2.24, 2.45) is 0 Å². The minimum Gasteiger partial charge on any atom is -0.476 e. The Labute approximate surface area is 153 Å². The van der Waals surface area contributed by atoms with Gasteiger partial charge in [0.05, 0.1) is 17.6 Å². The van der Waals surface area contributed by atoms with Gasteiger partial charge in [0.25, 0.3) is 0 Å². The van der Waals surface area contributed by atoms with Gasteiger partial charge in [0.15, 0.2) is 5.82 Å². The van der Waals surface area contributed by atoms with Crippen LogP contribution in [0.3, 0.4) is 0 Å². The highest BCUT2D eigenvalue weighted by Crippen LogP contribution is 2.27. The van der Waals surface area contributed by atoms with Crippen molar-refractivity contribution in [2.45, 2.75) is 46.3 Å². The summed E-state index contributed by atoms with van der Waals surface area (Å²) in [7, 11) is 0. The third-order valence-electron chi connectivity index (χ3n) is 4.66. The summed E-state index contributed by atoms with van der Waals surface area (Å²) in [5.41, 5.74) is 3.14. The Morgan fingerprint density at radius 3 is 2.88 bits per heavy atom. The van der Waals surface area contributed by atoms with Crippen molar-refractivity contribution in [2.75, 3.05) is 13.2 Å². The number of hydrogen-bond acceptors (Lipinski definition) is 6. The van der Waals surface area contributed by atoms with Crippen molar-refractivity contribution in [3.8, 4) is 5.88 Å². The lowest BCUT2D eigenvalue weighted by Crippen LogP contribution is -2.31. The number of tetrazole rings is 1. The maximum Gasteiger partial charge on any atom is 0.218 e. The van der Waals surface area contributed by atoms with Crippen LogP contribution in [0.15, 0.2) is 24.3 Å². The van der Waals surface area contributed by atoms with Gasteiger partial charge in [-0.1, -0.05) is 18.2 Å². The van der Waals surface area contributed by atoms with Crippen LogP contribution < -0.4 is 4.74 Å². The number of ether oxygens (including phenoxy) is 1. The van der Waals surface area contributed by atoms with Crippen molar-refractivity contribution in [1.29, 1.82) is 0 Å². The smallest absolute Gasteiger partial charge is 0.218 e. The van der Waals surface area contributed by atoms with E-state index in [0.29, 0.717) is 13.2 Å². The van der Waals surface area contributed by atoms with Gasteiger partial charge in [-0.25, -0.2) is 9.67 Å². The SMILES string of the molecule is Cc1cccc2cc3c(nc12)OCCN(Cc1nnnn1C(C)(C)C)C3. The number of pyridine rings is 1.